The second-order valence-electron chi connectivity index (χ2n) is 5.49. The van der Waals surface area contributed by atoms with E-state index in [0.717, 1.165) is 5.65 Å². The Morgan fingerprint density at radius 2 is 1.67 bits per heavy atom. The summed E-state index contributed by atoms with van der Waals surface area (Å²) in [5, 5.41) is 20.2. The molecule has 0 atom stereocenters. The molecule has 0 spiro atoms. The van der Waals surface area contributed by atoms with Gasteiger partial charge in [-0.1, -0.05) is 12.1 Å². The van der Waals surface area contributed by atoms with Crippen molar-refractivity contribution in [1.29, 1.82) is 0 Å². The smallest absolute Gasteiger partial charge is 0.137 e. The Balaban J connectivity index is 1.89. The van der Waals surface area contributed by atoms with Gasteiger partial charge < -0.3 is 14.6 Å². The highest BCUT2D eigenvalue weighted by atomic mass is 19.1. The second kappa shape index (κ2) is 5.38. The lowest BCUT2D eigenvalue weighted by molar-refractivity contribution is 0.474. The van der Waals surface area contributed by atoms with Gasteiger partial charge in [0, 0.05) is 23.5 Å². The van der Waals surface area contributed by atoms with Gasteiger partial charge in [-0.15, -0.1) is 0 Å². The third-order valence-corrected chi connectivity index (χ3v) is 3.91. The van der Waals surface area contributed by atoms with Crippen LogP contribution >= 0.6 is 0 Å². The summed E-state index contributed by atoms with van der Waals surface area (Å²) in [7, 11) is 0. The van der Waals surface area contributed by atoms with Gasteiger partial charge in [-0.2, -0.15) is 0 Å². The molecule has 4 nitrogen and oxygen atoms in total. The van der Waals surface area contributed by atoms with Crippen molar-refractivity contribution in [3.05, 3.63) is 72.8 Å². The molecule has 4 rings (SSSR count). The summed E-state index contributed by atoms with van der Waals surface area (Å²) < 4.78 is 15.3. The van der Waals surface area contributed by atoms with Crippen molar-refractivity contribution in [2.24, 2.45) is 0 Å². The van der Waals surface area contributed by atoms with Crippen LogP contribution in [0.4, 0.5) is 4.39 Å². The van der Waals surface area contributed by atoms with Gasteiger partial charge in [-0.05, 0) is 48.0 Å². The summed E-state index contributed by atoms with van der Waals surface area (Å²) in [6.45, 7) is 0. The lowest BCUT2D eigenvalue weighted by Crippen LogP contribution is -1.85. The van der Waals surface area contributed by atoms with Crippen molar-refractivity contribution in [1.82, 2.24) is 9.38 Å². The number of pyridine rings is 1. The summed E-state index contributed by atoms with van der Waals surface area (Å²) in [6, 6.07) is 14.2. The van der Waals surface area contributed by atoms with Crippen molar-refractivity contribution in [2.75, 3.05) is 0 Å². The van der Waals surface area contributed by atoms with E-state index in [9.17, 15) is 14.6 Å². The van der Waals surface area contributed by atoms with Crippen molar-refractivity contribution >= 4 is 5.65 Å². The summed E-state index contributed by atoms with van der Waals surface area (Å²) in [6.07, 6.45) is 3.67. The molecule has 4 aromatic rings. The number of imidazole rings is 1. The average Bonchev–Trinajstić information content (AvgIpc) is 3.01. The number of halogens is 1. The summed E-state index contributed by atoms with van der Waals surface area (Å²) in [5.41, 5.74) is 2.82. The van der Waals surface area contributed by atoms with Crippen LogP contribution in [0.15, 0.2) is 67.0 Å². The molecule has 2 aromatic carbocycles. The van der Waals surface area contributed by atoms with Crippen molar-refractivity contribution in [2.45, 2.75) is 0 Å². The van der Waals surface area contributed by atoms with Crippen LogP contribution < -0.4 is 0 Å². The number of fused-ring (bicyclic) bond motifs is 1. The number of hydrogen-bond acceptors (Lipinski definition) is 3. The van der Waals surface area contributed by atoms with E-state index in [2.05, 4.69) is 4.98 Å². The summed E-state index contributed by atoms with van der Waals surface area (Å²) in [5.74, 6) is -0.397. The van der Waals surface area contributed by atoms with Crippen LogP contribution in [-0.4, -0.2) is 19.6 Å². The zero-order valence-electron chi connectivity index (χ0n) is 12.5. The minimum Gasteiger partial charge on any atom is -0.507 e. The minimum atomic E-state index is -0.440. The normalized spacial score (nSPS) is 11.0. The number of nitrogens with zero attached hydrogens (tertiary/aromatic N) is 2. The third kappa shape index (κ3) is 2.36. The third-order valence-electron chi connectivity index (χ3n) is 3.91. The van der Waals surface area contributed by atoms with E-state index in [-0.39, 0.29) is 11.5 Å². The molecule has 2 heterocycles. The van der Waals surface area contributed by atoms with Gasteiger partial charge >= 0.3 is 0 Å². The van der Waals surface area contributed by atoms with Gasteiger partial charge in [0.15, 0.2) is 0 Å². The van der Waals surface area contributed by atoms with Crippen LogP contribution in [0.1, 0.15) is 0 Å². The molecular weight excluding hydrogens is 307 g/mol. The number of aromatic hydroxyl groups is 2. The number of rotatable bonds is 2. The highest BCUT2D eigenvalue weighted by Gasteiger charge is 2.13. The molecule has 0 fully saturated rings. The molecule has 0 saturated carbocycles. The SMILES string of the molecule is Oc1ccc(F)cc1-c1ccc(O)c(-c2cn3ccccc3n2)c1. The first-order valence-corrected chi connectivity index (χ1v) is 7.38. The lowest BCUT2D eigenvalue weighted by atomic mass is 10.0. The van der Waals surface area contributed by atoms with E-state index in [1.54, 1.807) is 18.3 Å². The average molecular weight is 320 g/mol. The number of phenolic OH excluding ortho intramolecular Hbond substituents is 2. The van der Waals surface area contributed by atoms with E-state index in [1.165, 1.54) is 24.3 Å². The van der Waals surface area contributed by atoms with E-state index in [4.69, 9.17) is 0 Å². The van der Waals surface area contributed by atoms with Crippen LogP contribution in [-0.2, 0) is 0 Å². The van der Waals surface area contributed by atoms with E-state index >= 15 is 0 Å². The van der Waals surface area contributed by atoms with Crippen LogP contribution in [0, 0.1) is 5.82 Å². The maximum absolute atomic E-state index is 13.5. The Morgan fingerprint density at radius 1 is 0.875 bits per heavy atom. The molecule has 2 N–H and O–H groups in total. The Labute approximate surface area is 137 Å². The van der Waals surface area contributed by atoms with Crippen molar-refractivity contribution in [3.8, 4) is 33.9 Å². The highest BCUT2D eigenvalue weighted by molar-refractivity contribution is 5.78. The van der Waals surface area contributed by atoms with Gasteiger partial charge in [-0.25, -0.2) is 9.37 Å². The zero-order chi connectivity index (χ0) is 16.7. The van der Waals surface area contributed by atoms with Gasteiger partial charge in [0.1, 0.15) is 23.0 Å². The molecule has 0 saturated heterocycles. The number of benzene rings is 2. The predicted molar refractivity (Wildman–Crippen MR) is 89.4 cm³/mol. The number of phenols is 2. The van der Waals surface area contributed by atoms with Gasteiger partial charge in [-0.3, -0.25) is 0 Å². The molecule has 118 valence electrons. The molecule has 0 amide bonds. The van der Waals surface area contributed by atoms with Crippen LogP contribution in [0.2, 0.25) is 0 Å². The Morgan fingerprint density at radius 3 is 2.50 bits per heavy atom. The Bertz CT molecular complexity index is 1020. The van der Waals surface area contributed by atoms with E-state index < -0.39 is 5.82 Å². The minimum absolute atomic E-state index is 0.0250. The molecule has 0 aliphatic heterocycles. The van der Waals surface area contributed by atoms with Gasteiger partial charge in [0.2, 0.25) is 0 Å². The van der Waals surface area contributed by atoms with Crippen LogP contribution in [0.25, 0.3) is 28.0 Å². The van der Waals surface area contributed by atoms with Gasteiger partial charge in [0.05, 0.1) is 5.69 Å². The topological polar surface area (TPSA) is 57.8 Å². The molecule has 0 unspecified atom stereocenters. The van der Waals surface area contributed by atoms with Gasteiger partial charge in [0.25, 0.3) is 0 Å². The van der Waals surface area contributed by atoms with E-state index in [0.29, 0.717) is 22.4 Å². The maximum Gasteiger partial charge on any atom is 0.137 e. The number of aromatic nitrogens is 2. The quantitative estimate of drug-likeness (QED) is 0.581. The van der Waals surface area contributed by atoms with Crippen LogP contribution in [0.3, 0.4) is 0 Å². The monoisotopic (exact) mass is 320 g/mol. The summed E-state index contributed by atoms with van der Waals surface area (Å²) >= 11 is 0. The fraction of sp³-hybridized carbons (Fsp3) is 0. The molecule has 0 radical (unpaired) electrons. The van der Waals surface area contributed by atoms with Crippen LogP contribution in [0.5, 0.6) is 11.5 Å². The van der Waals surface area contributed by atoms with Crippen molar-refractivity contribution < 1.29 is 14.6 Å². The van der Waals surface area contributed by atoms with E-state index in [1.807, 2.05) is 28.8 Å². The Kier molecular flexibility index (Phi) is 3.20. The fourth-order valence-corrected chi connectivity index (χ4v) is 2.71. The molecule has 5 heteroatoms. The molecule has 0 aliphatic carbocycles. The zero-order valence-corrected chi connectivity index (χ0v) is 12.5. The first-order valence-electron chi connectivity index (χ1n) is 7.38. The highest BCUT2D eigenvalue weighted by Crippen LogP contribution is 2.36. The largest absolute Gasteiger partial charge is 0.507 e. The second-order valence-corrected chi connectivity index (χ2v) is 5.49. The standard InChI is InChI=1S/C19H13FN2O2/c20-13-5-7-17(23)14(10-13)12-4-6-18(24)15(9-12)16-11-22-8-2-1-3-19(22)21-16/h1-11,23-24H. The first kappa shape index (κ1) is 14.3. The molecular formula is C19H13FN2O2. The molecule has 0 bridgehead atoms. The lowest BCUT2D eigenvalue weighted by Gasteiger charge is -2.08. The maximum atomic E-state index is 13.5. The molecule has 24 heavy (non-hydrogen) atoms. The fourth-order valence-electron chi connectivity index (χ4n) is 2.71. The number of hydrogen-bond donors (Lipinski definition) is 2. The van der Waals surface area contributed by atoms with Crippen molar-refractivity contribution in [3.63, 3.8) is 0 Å². The molecule has 0 aliphatic rings. The first-order chi connectivity index (χ1) is 11.6. The summed E-state index contributed by atoms with van der Waals surface area (Å²) in [4.78, 5) is 4.48. The predicted octanol–water partition coefficient (Wildman–Crippen LogP) is 4.22. The molecule has 2 aromatic heterocycles. The Hall–Kier alpha value is -3.34.